The number of benzene rings is 4. The van der Waals surface area contributed by atoms with Crippen molar-refractivity contribution in [1.29, 1.82) is 0 Å². The van der Waals surface area contributed by atoms with Crippen LogP contribution in [0.25, 0.3) is 12.2 Å². The molecule has 0 saturated heterocycles. The summed E-state index contributed by atoms with van der Waals surface area (Å²) in [5, 5.41) is 3.68. The number of nitrogens with one attached hydrogen (secondary N) is 1. The van der Waals surface area contributed by atoms with Crippen molar-refractivity contribution in [2.45, 2.75) is 28.5 Å². The van der Waals surface area contributed by atoms with Gasteiger partial charge >= 0.3 is 0 Å². The van der Waals surface area contributed by atoms with E-state index in [1.165, 1.54) is 42.5 Å². The highest BCUT2D eigenvalue weighted by atomic mass is 32.2. The Hall–Kier alpha value is -3.65. The lowest BCUT2D eigenvalue weighted by molar-refractivity contribution is 0.470. The highest BCUT2D eigenvalue weighted by molar-refractivity contribution is 7.86. The molecule has 5 rings (SSSR count). The molecular weight excluding hydrogens is 575 g/mol. The van der Waals surface area contributed by atoms with Gasteiger partial charge in [0.05, 0.1) is 15.5 Å². The molecule has 1 heterocycles. The van der Waals surface area contributed by atoms with Gasteiger partial charge in [-0.15, -0.1) is 0 Å². The lowest BCUT2D eigenvalue weighted by Gasteiger charge is -2.25. The van der Waals surface area contributed by atoms with Gasteiger partial charge in [0, 0.05) is 33.7 Å². The fourth-order valence-electron chi connectivity index (χ4n) is 4.72. The third-order valence-corrected chi connectivity index (χ3v) is 8.94. The summed E-state index contributed by atoms with van der Waals surface area (Å²) >= 11 is -4.92. The average Bonchev–Trinajstić information content (AvgIpc) is 2.88. The Balaban J connectivity index is 1.89. The molecule has 1 aliphatic heterocycles. The summed E-state index contributed by atoms with van der Waals surface area (Å²) in [7, 11) is -4.71. The zero-order valence-corrected chi connectivity index (χ0v) is 23.6. The van der Waals surface area contributed by atoms with Crippen LogP contribution >= 0.6 is 0 Å². The first-order chi connectivity index (χ1) is 18.9. The van der Waals surface area contributed by atoms with Crippen LogP contribution in [0.15, 0.2) is 81.4 Å². The average molecular weight is 598 g/mol. The molecule has 0 fully saturated rings. The van der Waals surface area contributed by atoms with Crippen LogP contribution in [0.4, 0.5) is 11.4 Å². The van der Waals surface area contributed by atoms with E-state index >= 15 is 0 Å². The fourth-order valence-corrected chi connectivity index (χ4v) is 6.44. The smallest absolute Gasteiger partial charge is 0.295 e. The number of para-hydroxylation sites is 1. The van der Waals surface area contributed by atoms with E-state index < -0.39 is 37.2 Å². The van der Waals surface area contributed by atoms with Crippen molar-refractivity contribution in [1.82, 2.24) is 0 Å². The molecule has 4 aromatic carbocycles. The lowest BCUT2D eigenvalue weighted by atomic mass is 9.92. The highest BCUT2D eigenvalue weighted by Gasteiger charge is 2.28. The van der Waals surface area contributed by atoms with Crippen LogP contribution in [-0.2, 0) is 32.3 Å². The third kappa shape index (κ3) is 5.01. The summed E-state index contributed by atoms with van der Waals surface area (Å²) in [6, 6.07) is 17.1. The van der Waals surface area contributed by atoms with E-state index in [9.17, 15) is 30.5 Å². The highest BCUT2D eigenvalue weighted by Crippen LogP contribution is 2.42. The van der Waals surface area contributed by atoms with Crippen LogP contribution in [0.3, 0.4) is 0 Å². The number of fused-ring (bicyclic) bond motifs is 2. The molecule has 40 heavy (non-hydrogen) atoms. The predicted molar refractivity (Wildman–Crippen MR) is 153 cm³/mol. The van der Waals surface area contributed by atoms with E-state index in [-0.39, 0.29) is 54.1 Å². The second-order valence-electron chi connectivity index (χ2n) is 9.14. The number of rotatable bonds is 6. The largest absolute Gasteiger partial charge is 0.456 e. The van der Waals surface area contributed by atoms with E-state index in [4.69, 9.17) is 4.74 Å². The van der Waals surface area contributed by atoms with Gasteiger partial charge in [0.1, 0.15) is 16.4 Å². The summed E-state index contributed by atoms with van der Waals surface area (Å²) in [6.45, 7) is 7.62. The van der Waals surface area contributed by atoms with Gasteiger partial charge in [0.15, 0.2) is 22.2 Å². The molecule has 9 nitrogen and oxygen atoms in total. The minimum absolute atomic E-state index is 0.0185. The van der Waals surface area contributed by atoms with Gasteiger partial charge in [-0.3, -0.25) is 4.55 Å². The van der Waals surface area contributed by atoms with Gasteiger partial charge in [0.25, 0.3) is 10.1 Å². The van der Waals surface area contributed by atoms with Gasteiger partial charge in [-0.2, -0.15) is 8.42 Å². The second kappa shape index (κ2) is 10.4. The van der Waals surface area contributed by atoms with Gasteiger partial charge in [0.2, 0.25) is 0 Å². The van der Waals surface area contributed by atoms with Crippen molar-refractivity contribution in [3.63, 3.8) is 0 Å². The number of hydrogen-bond acceptors (Lipinski definition) is 6. The summed E-state index contributed by atoms with van der Waals surface area (Å²) in [4.78, 5) is -0.472. The molecule has 0 aliphatic carbocycles. The molecule has 0 aromatic heterocycles. The molecule has 0 radical (unpaired) electrons. The molecule has 0 bridgehead atoms. The van der Waals surface area contributed by atoms with Crippen molar-refractivity contribution < 1.29 is 35.2 Å². The molecule has 0 saturated carbocycles. The summed E-state index contributed by atoms with van der Waals surface area (Å²) in [5.41, 5.74) is 3.33. The van der Waals surface area contributed by atoms with Gasteiger partial charge in [-0.25, -0.2) is 8.42 Å². The quantitative estimate of drug-likeness (QED) is 0.167. The van der Waals surface area contributed by atoms with E-state index in [0.717, 1.165) is 16.8 Å². The van der Waals surface area contributed by atoms with Crippen LogP contribution in [0, 0.1) is 13.8 Å². The van der Waals surface area contributed by atoms with Crippen molar-refractivity contribution in [2.24, 2.45) is 0 Å². The summed E-state index contributed by atoms with van der Waals surface area (Å²) in [6.07, 6.45) is 0. The van der Waals surface area contributed by atoms with E-state index in [1.54, 1.807) is 6.07 Å². The Bertz CT molecular complexity index is 1970. The predicted octanol–water partition coefficient (Wildman–Crippen LogP) is 4.22. The molecule has 0 amide bonds. The first-order valence-electron chi connectivity index (χ1n) is 11.7. The minimum atomic E-state index is -4.71. The van der Waals surface area contributed by atoms with Crippen LogP contribution in [0.1, 0.15) is 22.3 Å². The van der Waals surface area contributed by atoms with Crippen LogP contribution in [-0.4, -0.2) is 30.5 Å². The standard InChI is InChI=1S/C28H23NO8S3/c1-15-7-6-8-16(2)28(15)29-21-14-23-20(13-25(21)39(32)33)27(18-9-4-5-10-26(18)40(34,35)36)19-12-24(38(30)31)17(3)11-22(19)37-23/h4-14,29H,3H2,1-2H3,(H,30,31)(H,32,33)(H,34,35,36). The molecule has 206 valence electrons. The Morgan fingerprint density at radius 2 is 1.48 bits per heavy atom. The maximum absolute atomic E-state index is 12.6. The minimum Gasteiger partial charge on any atom is -0.456 e. The third-order valence-electron chi connectivity index (χ3n) is 6.55. The van der Waals surface area contributed by atoms with E-state index in [2.05, 4.69) is 11.9 Å². The zero-order valence-electron chi connectivity index (χ0n) is 21.2. The SMILES string of the molecule is C=c1cc2c(cc1S(=O)O)=C(c1ccccc1S(=O)(=O)O)c1cc(S(=O)O)c(Nc3c(C)cccc3C)cc1O2. The first kappa shape index (κ1) is 27.9. The maximum atomic E-state index is 12.6. The monoisotopic (exact) mass is 597 g/mol. The van der Waals surface area contributed by atoms with Crippen molar-refractivity contribution in [2.75, 3.05) is 5.32 Å². The van der Waals surface area contributed by atoms with E-state index in [0.29, 0.717) is 0 Å². The molecule has 4 N–H and O–H groups in total. The van der Waals surface area contributed by atoms with Crippen LogP contribution < -0.4 is 20.5 Å². The van der Waals surface area contributed by atoms with Gasteiger partial charge < -0.3 is 19.2 Å². The number of ether oxygens (including phenoxy) is 1. The van der Waals surface area contributed by atoms with Crippen LogP contribution in [0.5, 0.6) is 11.5 Å². The Morgan fingerprint density at radius 3 is 2.10 bits per heavy atom. The Morgan fingerprint density at radius 1 is 0.825 bits per heavy atom. The molecule has 2 atom stereocenters. The molecule has 0 spiro atoms. The molecule has 4 aromatic rings. The first-order valence-corrected chi connectivity index (χ1v) is 15.4. The molecule has 2 unspecified atom stereocenters. The molecule has 12 heteroatoms. The Kier molecular flexibility index (Phi) is 7.25. The topological polar surface area (TPSA) is 150 Å². The fraction of sp³-hybridized carbons (Fsp3) is 0.0714. The second-order valence-corrected chi connectivity index (χ2v) is 12.4. The number of anilines is 2. The maximum Gasteiger partial charge on any atom is 0.295 e. The zero-order chi connectivity index (χ0) is 28.9. The van der Waals surface area contributed by atoms with Gasteiger partial charge in [-0.1, -0.05) is 43.0 Å². The summed E-state index contributed by atoms with van der Waals surface area (Å²) < 4.78 is 85.6. The van der Waals surface area contributed by atoms with Crippen LogP contribution in [0.2, 0.25) is 0 Å². The van der Waals surface area contributed by atoms with Crippen molar-refractivity contribution >= 4 is 55.8 Å². The Labute approximate surface area is 235 Å². The van der Waals surface area contributed by atoms with Gasteiger partial charge in [-0.05, 0) is 54.5 Å². The number of aryl methyl sites for hydroxylation is 2. The van der Waals surface area contributed by atoms with Crippen molar-refractivity contribution in [3.05, 3.63) is 99.4 Å². The van der Waals surface area contributed by atoms with Crippen molar-refractivity contribution in [3.8, 4) is 11.5 Å². The molecular formula is C28H23NO8S3. The summed E-state index contributed by atoms with van der Waals surface area (Å²) in [5.74, 6) is 0.426. The van der Waals surface area contributed by atoms with E-state index in [1.807, 2.05) is 32.0 Å². The normalized spacial score (nSPS) is 14.1. The lowest BCUT2D eigenvalue weighted by Crippen LogP contribution is -2.24. The molecule has 1 aliphatic rings. The number of hydrogen-bond donors (Lipinski definition) is 4.